The summed E-state index contributed by atoms with van der Waals surface area (Å²) in [5.74, 6) is 0.231. The zero-order valence-corrected chi connectivity index (χ0v) is 9.91. The number of rotatable bonds is 4. The Morgan fingerprint density at radius 3 is 2.88 bits per heavy atom. The van der Waals surface area contributed by atoms with Crippen LogP contribution in [0.3, 0.4) is 0 Å². The number of ether oxygens (including phenoxy) is 1. The third-order valence-electron chi connectivity index (χ3n) is 2.06. The Labute approximate surface area is 99.2 Å². The maximum absolute atomic E-state index is 11.0. The van der Waals surface area contributed by atoms with Crippen molar-refractivity contribution in [2.75, 3.05) is 13.7 Å². The van der Waals surface area contributed by atoms with Crippen LogP contribution in [0.2, 0.25) is 5.02 Å². The summed E-state index contributed by atoms with van der Waals surface area (Å²) in [6.45, 7) is 1.52. The third-order valence-corrected chi connectivity index (χ3v) is 2.29. The largest absolute Gasteiger partial charge is 0.483 e. The van der Waals surface area contributed by atoms with E-state index in [4.69, 9.17) is 16.3 Å². The molecule has 0 aliphatic heterocycles. The fourth-order valence-electron chi connectivity index (χ4n) is 1.19. The number of aliphatic hydroxyl groups excluding tert-OH is 1. The number of carbonyl (C=O) groups excluding carboxylic acids is 1. The van der Waals surface area contributed by atoms with Crippen molar-refractivity contribution >= 4 is 17.5 Å². The van der Waals surface area contributed by atoms with E-state index in [2.05, 4.69) is 5.32 Å². The summed E-state index contributed by atoms with van der Waals surface area (Å²) < 4.78 is 5.28. The Bertz CT molecular complexity index is 379. The minimum Gasteiger partial charge on any atom is -0.483 e. The fraction of sp³-hybridized carbons (Fsp3) is 0.364. The Balaban J connectivity index is 2.82. The van der Waals surface area contributed by atoms with Gasteiger partial charge in [0.1, 0.15) is 5.75 Å². The highest BCUT2D eigenvalue weighted by atomic mass is 35.5. The molecule has 0 aromatic heterocycles. The van der Waals surface area contributed by atoms with Crippen LogP contribution >= 0.6 is 11.6 Å². The lowest BCUT2D eigenvalue weighted by atomic mass is 10.1. The normalized spacial score (nSPS) is 12.0. The van der Waals surface area contributed by atoms with Crippen LogP contribution in [0.25, 0.3) is 0 Å². The topological polar surface area (TPSA) is 58.6 Å². The average Bonchev–Trinajstić information content (AvgIpc) is 2.26. The van der Waals surface area contributed by atoms with Crippen LogP contribution in [0.4, 0.5) is 0 Å². The summed E-state index contributed by atoms with van der Waals surface area (Å²) in [7, 11) is 1.53. The minimum absolute atomic E-state index is 0.0855. The Hall–Kier alpha value is -1.26. The first-order valence-electron chi connectivity index (χ1n) is 4.85. The summed E-state index contributed by atoms with van der Waals surface area (Å²) in [4.78, 5) is 11.0. The molecule has 0 spiro atoms. The number of carbonyl (C=O) groups is 1. The van der Waals surface area contributed by atoms with Crippen molar-refractivity contribution in [3.8, 4) is 5.75 Å². The lowest BCUT2D eigenvalue weighted by Gasteiger charge is -2.13. The molecule has 1 aromatic rings. The van der Waals surface area contributed by atoms with Gasteiger partial charge in [0.2, 0.25) is 0 Å². The van der Waals surface area contributed by atoms with Crippen LogP contribution in [0, 0.1) is 0 Å². The van der Waals surface area contributed by atoms with E-state index in [0.717, 1.165) is 0 Å². The van der Waals surface area contributed by atoms with E-state index in [9.17, 15) is 9.90 Å². The van der Waals surface area contributed by atoms with Crippen molar-refractivity contribution in [1.29, 1.82) is 0 Å². The van der Waals surface area contributed by atoms with E-state index in [0.29, 0.717) is 16.3 Å². The molecule has 0 fully saturated rings. The molecule has 2 N–H and O–H groups in total. The van der Waals surface area contributed by atoms with Crippen LogP contribution in [0.15, 0.2) is 18.2 Å². The predicted octanol–water partition coefficient (Wildman–Crippen LogP) is 1.52. The van der Waals surface area contributed by atoms with Gasteiger partial charge in [-0.2, -0.15) is 0 Å². The van der Waals surface area contributed by atoms with Gasteiger partial charge >= 0.3 is 0 Å². The van der Waals surface area contributed by atoms with Gasteiger partial charge in [-0.25, -0.2) is 0 Å². The van der Waals surface area contributed by atoms with Gasteiger partial charge in [-0.3, -0.25) is 4.79 Å². The Morgan fingerprint density at radius 1 is 1.62 bits per heavy atom. The van der Waals surface area contributed by atoms with E-state index >= 15 is 0 Å². The van der Waals surface area contributed by atoms with E-state index in [1.165, 1.54) is 7.05 Å². The van der Waals surface area contributed by atoms with Gasteiger partial charge in [0, 0.05) is 17.6 Å². The van der Waals surface area contributed by atoms with E-state index in [1.807, 2.05) is 0 Å². The first-order chi connectivity index (χ1) is 7.54. The number of hydrogen-bond acceptors (Lipinski definition) is 3. The number of amides is 1. The SMILES string of the molecule is CNC(=O)COc1ccc(Cl)cc1[C@H](C)O. The second-order valence-corrected chi connectivity index (χ2v) is 3.76. The highest BCUT2D eigenvalue weighted by Crippen LogP contribution is 2.28. The standard InChI is InChI=1S/C11H14ClNO3/c1-7(14)9-5-8(12)3-4-10(9)16-6-11(15)13-2/h3-5,7,14H,6H2,1-2H3,(H,13,15)/t7-/m0/s1. The molecular formula is C11H14ClNO3. The number of hydrogen-bond donors (Lipinski definition) is 2. The van der Waals surface area contributed by atoms with Crippen molar-refractivity contribution in [3.63, 3.8) is 0 Å². The van der Waals surface area contributed by atoms with Crippen LogP contribution in [0.1, 0.15) is 18.6 Å². The predicted molar refractivity (Wildman–Crippen MR) is 61.6 cm³/mol. The summed E-state index contributed by atoms with van der Waals surface area (Å²) in [5.41, 5.74) is 0.566. The van der Waals surface area contributed by atoms with Crippen LogP contribution < -0.4 is 10.1 Å². The summed E-state index contributed by atoms with van der Waals surface area (Å²) in [6, 6.07) is 4.89. The Morgan fingerprint density at radius 2 is 2.31 bits per heavy atom. The molecule has 0 heterocycles. The van der Waals surface area contributed by atoms with Gasteiger partial charge in [0.25, 0.3) is 5.91 Å². The molecule has 0 aliphatic rings. The van der Waals surface area contributed by atoms with Crippen molar-refractivity contribution in [3.05, 3.63) is 28.8 Å². The molecule has 1 amide bonds. The Kier molecular flexibility index (Phi) is 4.58. The molecule has 0 radical (unpaired) electrons. The molecule has 1 atom stereocenters. The van der Waals surface area contributed by atoms with Gasteiger partial charge in [0.05, 0.1) is 6.10 Å². The highest BCUT2D eigenvalue weighted by Gasteiger charge is 2.11. The summed E-state index contributed by atoms with van der Waals surface area (Å²) in [6.07, 6.45) is -0.696. The zero-order chi connectivity index (χ0) is 12.1. The third kappa shape index (κ3) is 3.40. The molecule has 1 rings (SSSR count). The second kappa shape index (κ2) is 5.72. The molecule has 0 saturated heterocycles. The average molecular weight is 244 g/mol. The maximum atomic E-state index is 11.0. The van der Waals surface area contributed by atoms with Gasteiger partial charge < -0.3 is 15.2 Å². The first-order valence-corrected chi connectivity index (χ1v) is 5.23. The van der Waals surface area contributed by atoms with Crippen molar-refractivity contribution in [2.45, 2.75) is 13.0 Å². The van der Waals surface area contributed by atoms with Crippen molar-refractivity contribution in [1.82, 2.24) is 5.32 Å². The molecule has 5 heteroatoms. The van der Waals surface area contributed by atoms with Crippen LogP contribution in [-0.4, -0.2) is 24.7 Å². The molecule has 0 aliphatic carbocycles. The van der Waals surface area contributed by atoms with E-state index in [1.54, 1.807) is 25.1 Å². The first kappa shape index (κ1) is 12.8. The summed E-state index contributed by atoms with van der Waals surface area (Å²) >= 11 is 5.80. The molecule has 1 aromatic carbocycles. The van der Waals surface area contributed by atoms with Crippen LogP contribution in [0.5, 0.6) is 5.75 Å². The molecule has 0 saturated carbocycles. The molecule has 0 unspecified atom stereocenters. The van der Waals surface area contributed by atoms with Gasteiger partial charge in [0.15, 0.2) is 6.61 Å². The maximum Gasteiger partial charge on any atom is 0.257 e. The smallest absolute Gasteiger partial charge is 0.257 e. The quantitative estimate of drug-likeness (QED) is 0.843. The van der Waals surface area contributed by atoms with E-state index < -0.39 is 6.10 Å². The second-order valence-electron chi connectivity index (χ2n) is 3.32. The lowest BCUT2D eigenvalue weighted by Crippen LogP contribution is -2.25. The zero-order valence-electron chi connectivity index (χ0n) is 9.16. The van der Waals surface area contributed by atoms with Crippen molar-refractivity contribution in [2.24, 2.45) is 0 Å². The number of likely N-dealkylation sites (N-methyl/N-ethyl adjacent to an activating group) is 1. The molecule has 16 heavy (non-hydrogen) atoms. The summed E-state index contributed by atoms with van der Waals surface area (Å²) in [5, 5.41) is 12.5. The lowest BCUT2D eigenvalue weighted by molar-refractivity contribution is -0.122. The van der Waals surface area contributed by atoms with Gasteiger partial charge in [-0.1, -0.05) is 11.6 Å². The highest BCUT2D eigenvalue weighted by molar-refractivity contribution is 6.30. The molecular weight excluding hydrogens is 230 g/mol. The van der Waals surface area contributed by atoms with Gasteiger partial charge in [-0.15, -0.1) is 0 Å². The van der Waals surface area contributed by atoms with Crippen LogP contribution in [-0.2, 0) is 4.79 Å². The molecule has 4 nitrogen and oxygen atoms in total. The number of benzene rings is 1. The van der Waals surface area contributed by atoms with Gasteiger partial charge in [-0.05, 0) is 25.1 Å². The number of aliphatic hydroxyl groups is 1. The fourth-order valence-corrected chi connectivity index (χ4v) is 1.37. The molecule has 0 bridgehead atoms. The van der Waals surface area contributed by atoms with Crippen molar-refractivity contribution < 1.29 is 14.6 Å². The van der Waals surface area contributed by atoms with E-state index in [-0.39, 0.29) is 12.5 Å². The number of nitrogens with one attached hydrogen (secondary N) is 1. The monoisotopic (exact) mass is 243 g/mol. The minimum atomic E-state index is -0.696. The molecule has 88 valence electrons. The number of halogens is 1.